The molecular formula is C26H24ClNO5S. The van der Waals surface area contributed by atoms with Crippen LogP contribution in [0.2, 0.25) is 5.02 Å². The number of aromatic hydroxyl groups is 2. The fourth-order valence-electron chi connectivity index (χ4n) is 4.95. The van der Waals surface area contributed by atoms with Crippen LogP contribution in [0.4, 0.5) is 5.69 Å². The van der Waals surface area contributed by atoms with Crippen molar-refractivity contribution in [3.8, 4) is 11.5 Å². The van der Waals surface area contributed by atoms with E-state index in [4.69, 9.17) is 16.3 Å². The lowest BCUT2D eigenvalue weighted by molar-refractivity contribution is 0.128. The fraction of sp³-hybridized carbons (Fsp3) is 0.231. The number of phenolic OH excluding ortho intramolecular Hbond substituents is 2. The van der Waals surface area contributed by atoms with Gasteiger partial charge in [0.1, 0.15) is 22.9 Å². The van der Waals surface area contributed by atoms with Gasteiger partial charge in [0.05, 0.1) is 16.8 Å². The molecule has 1 fully saturated rings. The Morgan fingerprint density at radius 1 is 0.912 bits per heavy atom. The molecule has 0 saturated carbocycles. The molecule has 6 nitrogen and oxygen atoms in total. The molecule has 1 saturated heterocycles. The largest absolute Gasteiger partial charge is 0.508 e. The summed E-state index contributed by atoms with van der Waals surface area (Å²) in [5.41, 5.74) is 3.79. The lowest BCUT2D eigenvalue weighted by atomic mass is 9.83. The Balaban J connectivity index is 1.61. The number of benzene rings is 3. The Hall–Kier alpha value is -3.00. The van der Waals surface area contributed by atoms with E-state index >= 15 is 0 Å². The summed E-state index contributed by atoms with van der Waals surface area (Å²) < 4.78 is 35.5. The second kappa shape index (κ2) is 8.65. The van der Waals surface area contributed by atoms with Crippen molar-refractivity contribution in [2.24, 2.45) is 0 Å². The fourth-order valence-corrected chi connectivity index (χ4v) is 7.29. The number of para-hydroxylation sites is 1. The molecule has 0 aromatic heterocycles. The molecular weight excluding hydrogens is 474 g/mol. The van der Waals surface area contributed by atoms with E-state index in [9.17, 15) is 18.6 Å². The minimum Gasteiger partial charge on any atom is -0.508 e. The molecule has 2 heterocycles. The average Bonchev–Trinajstić information content (AvgIpc) is 3.41. The average molecular weight is 498 g/mol. The summed E-state index contributed by atoms with van der Waals surface area (Å²) in [6.07, 6.45) is -0.783. The van der Waals surface area contributed by atoms with E-state index in [1.165, 1.54) is 4.31 Å². The van der Waals surface area contributed by atoms with Gasteiger partial charge in [-0.3, -0.25) is 4.31 Å². The molecule has 2 bridgehead atoms. The molecule has 3 aromatic carbocycles. The van der Waals surface area contributed by atoms with Crippen LogP contribution in [0.1, 0.15) is 24.5 Å². The van der Waals surface area contributed by atoms with Gasteiger partial charge in [-0.15, -0.1) is 0 Å². The van der Waals surface area contributed by atoms with Crippen LogP contribution < -0.4 is 4.31 Å². The normalized spacial score (nSPS) is 21.8. The van der Waals surface area contributed by atoms with Crippen LogP contribution in [0.5, 0.6) is 11.5 Å². The molecule has 0 radical (unpaired) electrons. The van der Waals surface area contributed by atoms with Crippen molar-refractivity contribution in [2.45, 2.75) is 30.8 Å². The van der Waals surface area contributed by atoms with E-state index in [2.05, 4.69) is 0 Å². The molecule has 3 atom stereocenters. The summed E-state index contributed by atoms with van der Waals surface area (Å²) in [5, 5.41) is 19.1. The maximum absolute atomic E-state index is 13.9. The summed E-state index contributed by atoms with van der Waals surface area (Å²) >= 11 is 6.35. The molecule has 0 amide bonds. The molecule has 5 rings (SSSR count). The quantitative estimate of drug-likeness (QED) is 0.497. The number of nitrogens with zero attached hydrogens (tertiary/aromatic N) is 1. The van der Waals surface area contributed by atoms with E-state index in [0.717, 1.165) is 22.3 Å². The Labute approximate surface area is 203 Å². The van der Waals surface area contributed by atoms with E-state index in [-0.39, 0.29) is 18.0 Å². The first kappa shape index (κ1) is 22.8. The zero-order chi connectivity index (χ0) is 24.0. The summed E-state index contributed by atoms with van der Waals surface area (Å²) in [4.78, 5) is 0. The van der Waals surface area contributed by atoms with Crippen molar-refractivity contribution < 1.29 is 23.4 Å². The highest BCUT2D eigenvalue weighted by Crippen LogP contribution is 2.51. The predicted octanol–water partition coefficient (Wildman–Crippen LogP) is 5.06. The Bertz CT molecular complexity index is 1350. The minimum atomic E-state index is -3.82. The monoisotopic (exact) mass is 497 g/mol. The molecule has 0 unspecified atom stereocenters. The number of hydrogen-bond acceptors (Lipinski definition) is 5. The van der Waals surface area contributed by atoms with Gasteiger partial charge in [-0.25, -0.2) is 8.42 Å². The van der Waals surface area contributed by atoms with Crippen LogP contribution in [-0.4, -0.2) is 42.6 Å². The number of sulfonamides is 1. The highest BCUT2D eigenvalue weighted by atomic mass is 35.5. The van der Waals surface area contributed by atoms with Gasteiger partial charge >= 0.3 is 0 Å². The molecule has 3 aromatic rings. The molecule has 34 heavy (non-hydrogen) atoms. The Morgan fingerprint density at radius 3 is 2.03 bits per heavy atom. The zero-order valence-electron chi connectivity index (χ0n) is 18.4. The van der Waals surface area contributed by atoms with Gasteiger partial charge in [0.15, 0.2) is 0 Å². The van der Waals surface area contributed by atoms with Crippen LogP contribution in [0, 0.1) is 0 Å². The van der Waals surface area contributed by atoms with E-state index in [1.54, 1.807) is 79.7 Å². The van der Waals surface area contributed by atoms with Crippen molar-refractivity contribution >= 4 is 38.5 Å². The van der Waals surface area contributed by atoms with Crippen LogP contribution in [0.25, 0.3) is 11.1 Å². The van der Waals surface area contributed by atoms with Gasteiger partial charge in [-0.05, 0) is 72.0 Å². The third kappa shape index (κ3) is 3.74. The lowest BCUT2D eigenvalue weighted by Gasteiger charge is -2.31. The van der Waals surface area contributed by atoms with E-state index < -0.39 is 27.5 Å². The third-order valence-electron chi connectivity index (χ3n) is 6.45. The number of fused-ring (bicyclic) bond motifs is 2. The third-order valence-corrected chi connectivity index (χ3v) is 9.04. The smallest absolute Gasteiger partial charge is 0.241 e. The molecule has 2 aliphatic heterocycles. The van der Waals surface area contributed by atoms with Crippen LogP contribution in [0.15, 0.2) is 72.8 Å². The van der Waals surface area contributed by atoms with Crippen molar-refractivity contribution in [1.29, 1.82) is 0 Å². The molecule has 2 N–H and O–H groups in total. The van der Waals surface area contributed by atoms with Crippen molar-refractivity contribution in [2.75, 3.05) is 10.8 Å². The van der Waals surface area contributed by atoms with Crippen molar-refractivity contribution in [1.82, 2.24) is 0 Å². The highest BCUT2D eigenvalue weighted by Gasteiger charge is 2.54. The highest BCUT2D eigenvalue weighted by molar-refractivity contribution is 7.93. The van der Waals surface area contributed by atoms with Crippen LogP contribution in [-0.2, 0) is 14.8 Å². The second-order valence-electron chi connectivity index (χ2n) is 8.40. The van der Waals surface area contributed by atoms with Gasteiger partial charge in [0, 0.05) is 6.54 Å². The van der Waals surface area contributed by atoms with Crippen molar-refractivity contribution in [3.63, 3.8) is 0 Å². The topological polar surface area (TPSA) is 87.1 Å². The van der Waals surface area contributed by atoms with Gasteiger partial charge in [0.2, 0.25) is 10.0 Å². The molecule has 8 heteroatoms. The second-order valence-corrected chi connectivity index (χ2v) is 10.9. The number of halogens is 1. The molecule has 2 aliphatic rings. The molecule has 0 aliphatic carbocycles. The number of hydrogen-bond donors (Lipinski definition) is 2. The summed E-state index contributed by atoms with van der Waals surface area (Å²) in [7, 11) is -3.82. The summed E-state index contributed by atoms with van der Waals surface area (Å²) in [5.74, 6) is 0.276. The van der Waals surface area contributed by atoms with E-state index in [1.807, 2.05) is 0 Å². The van der Waals surface area contributed by atoms with Crippen LogP contribution >= 0.6 is 11.6 Å². The summed E-state index contributed by atoms with van der Waals surface area (Å²) in [6.45, 7) is 2.02. The Morgan fingerprint density at radius 2 is 1.47 bits per heavy atom. The van der Waals surface area contributed by atoms with Gasteiger partial charge in [-0.1, -0.05) is 48.0 Å². The minimum absolute atomic E-state index is 0.125. The molecule has 0 spiro atoms. The van der Waals surface area contributed by atoms with Gasteiger partial charge in [-0.2, -0.15) is 0 Å². The first-order valence-electron chi connectivity index (χ1n) is 11.1. The SMILES string of the molecule is CCN(c1ccccc1Cl)S(=O)(=O)[C@H]1C[C@H]2O[C@@H]1C(c1ccc(O)cc1)=C2c1ccc(O)cc1. The number of phenols is 2. The predicted molar refractivity (Wildman–Crippen MR) is 133 cm³/mol. The van der Waals surface area contributed by atoms with Gasteiger partial charge in [0.25, 0.3) is 0 Å². The lowest BCUT2D eigenvalue weighted by Crippen LogP contribution is -2.43. The zero-order valence-corrected chi connectivity index (χ0v) is 20.0. The molecule has 176 valence electrons. The van der Waals surface area contributed by atoms with Gasteiger partial charge < -0.3 is 14.9 Å². The number of ether oxygens (including phenoxy) is 1. The van der Waals surface area contributed by atoms with Crippen molar-refractivity contribution in [3.05, 3.63) is 88.9 Å². The standard InChI is InChI=1S/C26H24ClNO5S/c1-2-28(21-6-4-3-5-20(21)27)34(31,32)23-15-22-24(16-7-11-18(29)12-8-16)25(26(23)33-22)17-9-13-19(30)14-10-17/h3-14,22-23,26,29-30H,2,15H2,1H3/t22-,23+,26+/m1/s1. The first-order valence-corrected chi connectivity index (χ1v) is 12.9. The van der Waals surface area contributed by atoms with E-state index in [0.29, 0.717) is 17.1 Å². The summed E-state index contributed by atoms with van der Waals surface area (Å²) in [6, 6.07) is 20.4. The van der Waals surface area contributed by atoms with Crippen LogP contribution in [0.3, 0.4) is 0 Å². The first-order chi connectivity index (χ1) is 16.3. The maximum Gasteiger partial charge on any atom is 0.241 e. The Kier molecular flexibility index (Phi) is 5.80. The number of rotatable bonds is 6. The maximum atomic E-state index is 13.9. The number of anilines is 1.